The van der Waals surface area contributed by atoms with Crippen molar-refractivity contribution in [1.29, 1.82) is 0 Å². The number of nitro benzene ring substituents is 1. The Bertz CT molecular complexity index is 942. The van der Waals surface area contributed by atoms with E-state index in [1.165, 1.54) is 12.1 Å². The molecule has 0 amide bonds. The predicted octanol–water partition coefficient (Wildman–Crippen LogP) is 3.21. The molecule has 1 aliphatic rings. The molecular formula is C18H15N3O3. The first-order valence-corrected chi connectivity index (χ1v) is 7.69. The second-order valence-electron chi connectivity index (χ2n) is 5.92. The highest BCUT2D eigenvalue weighted by Gasteiger charge is 2.30. The maximum atomic E-state index is 10.8. The number of non-ortho nitro benzene ring substituents is 1. The third kappa shape index (κ3) is 2.47. The van der Waals surface area contributed by atoms with Crippen LogP contribution >= 0.6 is 0 Å². The number of fused-ring (bicyclic) bond motifs is 2. The van der Waals surface area contributed by atoms with Crippen LogP contribution < -0.4 is 5.32 Å². The zero-order valence-corrected chi connectivity index (χ0v) is 12.7. The first-order valence-electron chi connectivity index (χ1n) is 7.69. The largest absolute Gasteiger partial charge is 0.390 e. The molecule has 0 bridgehead atoms. The second-order valence-corrected chi connectivity index (χ2v) is 5.92. The molecule has 6 nitrogen and oxygen atoms in total. The van der Waals surface area contributed by atoms with E-state index >= 15 is 0 Å². The zero-order chi connectivity index (χ0) is 16.7. The summed E-state index contributed by atoms with van der Waals surface area (Å²) in [4.78, 5) is 14.9. The molecule has 0 fully saturated rings. The summed E-state index contributed by atoms with van der Waals surface area (Å²) in [7, 11) is 0. The van der Waals surface area contributed by atoms with Crippen molar-refractivity contribution >= 4 is 22.4 Å². The van der Waals surface area contributed by atoms with Gasteiger partial charge in [-0.15, -0.1) is 0 Å². The van der Waals surface area contributed by atoms with E-state index in [1.54, 1.807) is 18.2 Å². The van der Waals surface area contributed by atoms with E-state index in [9.17, 15) is 15.2 Å². The van der Waals surface area contributed by atoms with Crippen molar-refractivity contribution in [1.82, 2.24) is 4.98 Å². The summed E-state index contributed by atoms with van der Waals surface area (Å²) >= 11 is 0. The summed E-state index contributed by atoms with van der Waals surface area (Å²) in [5, 5.41) is 25.1. The molecule has 2 atom stereocenters. The molecule has 1 heterocycles. The zero-order valence-electron chi connectivity index (χ0n) is 12.7. The third-order valence-corrected chi connectivity index (χ3v) is 4.39. The Morgan fingerprint density at radius 2 is 2.00 bits per heavy atom. The molecule has 24 heavy (non-hydrogen) atoms. The smallest absolute Gasteiger partial charge is 0.270 e. The lowest BCUT2D eigenvalue weighted by Crippen LogP contribution is -2.21. The van der Waals surface area contributed by atoms with E-state index in [-0.39, 0.29) is 11.7 Å². The number of aliphatic hydroxyl groups excluding tert-OH is 1. The molecule has 1 aliphatic carbocycles. The molecule has 120 valence electrons. The lowest BCUT2D eigenvalue weighted by Gasteiger charge is -2.18. The Hall–Kier alpha value is -2.99. The average molecular weight is 321 g/mol. The Labute approximate surface area is 137 Å². The molecule has 0 radical (unpaired) electrons. The van der Waals surface area contributed by atoms with Gasteiger partial charge in [-0.05, 0) is 29.3 Å². The molecule has 0 aliphatic heterocycles. The lowest BCUT2D eigenvalue weighted by atomic mass is 10.1. The van der Waals surface area contributed by atoms with Crippen LogP contribution in [0, 0.1) is 10.1 Å². The normalized spacial score (nSPS) is 19.2. The Morgan fingerprint density at radius 3 is 2.83 bits per heavy atom. The standard InChI is InChI=1S/C18H15N3O3/c22-16-10-11-3-1-2-4-14(11)18(16)20-17-8-5-12-9-13(21(23)24)6-7-15(12)19-17/h1-9,16,18,22H,10H2,(H,19,20)/t16-,18+/m1/s1. The molecule has 1 aromatic heterocycles. The number of nitro groups is 1. The summed E-state index contributed by atoms with van der Waals surface area (Å²) in [6, 6.07) is 15.9. The molecule has 0 unspecified atom stereocenters. The summed E-state index contributed by atoms with van der Waals surface area (Å²) < 4.78 is 0. The quantitative estimate of drug-likeness (QED) is 0.571. The van der Waals surface area contributed by atoms with Gasteiger partial charge >= 0.3 is 0 Å². The number of pyridine rings is 1. The van der Waals surface area contributed by atoms with Crippen LogP contribution in [-0.2, 0) is 6.42 Å². The maximum absolute atomic E-state index is 10.8. The number of benzene rings is 2. The van der Waals surface area contributed by atoms with E-state index in [0.717, 1.165) is 11.1 Å². The number of rotatable bonds is 3. The highest BCUT2D eigenvalue weighted by atomic mass is 16.6. The van der Waals surface area contributed by atoms with Crippen LogP contribution in [0.5, 0.6) is 0 Å². The first-order chi connectivity index (χ1) is 11.6. The van der Waals surface area contributed by atoms with Crippen LogP contribution in [0.4, 0.5) is 11.5 Å². The summed E-state index contributed by atoms with van der Waals surface area (Å²) in [5.74, 6) is 0.636. The van der Waals surface area contributed by atoms with Crippen molar-refractivity contribution in [2.24, 2.45) is 0 Å². The number of nitrogens with zero attached hydrogens (tertiary/aromatic N) is 2. The van der Waals surface area contributed by atoms with E-state index in [4.69, 9.17) is 0 Å². The molecular weight excluding hydrogens is 306 g/mol. The number of nitrogens with one attached hydrogen (secondary N) is 1. The monoisotopic (exact) mass is 321 g/mol. The van der Waals surface area contributed by atoms with Crippen LogP contribution in [0.3, 0.4) is 0 Å². The minimum absolute atomic E-state index is 0.0464. The molecule has 0 saturated heterocycles. The van der Waals surface area contributed by atoms with Crippen molar-refractivity contribution < 1.29 is 10.0 Å². The third-order valence-electron chi connectivity index (χ3n) is 4.39. The van der Waals surface area contributed by atoms with Gasteiger partial charge in [-0.25, -0.2) is 4.98 Å². The van der Waals surface area contributed by atoms with Crippen molar-refractivity contribution in [2.75, 3.05) is 5.32 Å². The van der Waals surface area contributed by atoms with Crippen LogP contribution in [0.15, 0.2) is 54.6 Å². The number of anilines is 1. The van der Waals surface area contributed by atoms with Gasteiger partial charge in [0.25, 0.3) is 5.69 Å². The topological polar surface area (TPSA) is 88.3 Å². The molecule has 2 N–H and O–H groups in total. The lowest BCUT2D eigenvalue weighted by molar-refractivity contribution is -0.384. The Morgan fingerprint density at radius 1 is 1.17 bits per heavy atom. The molecule has 2 aromatic carbocycles. The van der Waals surface area contributed by atoms with Crippen molar-refractivity contribution in [3.05, 3.63) is 75.8 Å². The Kier molecular flexibility index (Phi) is 3.39. The summed E-state index contributed by atoms with van der Waals surface area (Å²) in [6.45, 7) is 0. The number of aliphatic hydroxyl groups is 1. The molecule has 6 heteroatoms. The fraction of sp³-hybridized carbons (Fsp3) is 0.167. The van der Waals surface area contributed by atoms with Gasteiger partial charge < -0.3 is 10.4 Å². The van der Waals surface area contributed by atoms with Crippen molar-refractivity contribution in [3.8, 4) is 0 Å². The van der Waals surface area contributed by atoms with E-state index in [1.807, 2.05) is 24.3 Å². The van der Waals surface area contributed by atoms with Gasteiger partial charge in [0.1, 0.15) is 5.82 Å². The Balaban J connectivity index is 1.65. The van der Waals surface area contributed by atoms with Gasteiger partial charge in [0.05, 0.1) is 22.6 Å². The maximum Gasteiger partial charge on any atom is 0.270 e. The van der Waals surface area contributed by atoms with Gasteiger partial charge in [-0.1, -0.05) is 24.3 Å². The fourth-order valence-corrected chi connectivity index (χ4v) is 3.21. The highest BCUT2D eigenvalue weighted by molar-refractivity contribution is 5.82. The molecule has 4 rings (SSSR count). The van der Waals surface area contributed by atoms with Crippen molar-refractivity contribution in [2.45, 2.75) is 18.6 Å². The SMILES string of the molecule is O=[N+]([O-])c1ccc2nc(N[C@H]3c4ccccc4C[C@H]3O)ccc2c1. The predicted molar refractivity (Wildman–Crippen MR) is 90.9 cm³/mol. The second kappa shape index (κ2) is 5.58. The minimum atomic E-state index is -0.503. The first kappa shape index (κ1) is 14.6. The van der Waals surface area contributed by atoms with Crippen LogP contribution in [0.1, 0.15) is 17.2 Å². The highest BCUT2D eigenvalue weighted by Crippen LogP contribution is 2.34. The van der Waals surface area contributed by atoms with Crippen LogP contribution in [0.2, 0.25) is 0 Å². The van der Waals surface area contributed by atoms with Gasteiger partial charge in [0, 0.05) is 23.9 Å². The van der Waals surface area contributed by atoms with Gasteiger partial charge in [0.2, 0.25) is 0 Å². The van der Waals surface area contributed by atoms with Gasteiger partial charge in [-0.3, -0.25) is 10.1 Å². The fourth-order valence-electron chi connectivity index (χ4n) is 3.21. The van der Waals surface area contributed by atoms with Gasteiger partial charge in [0.15, 0.2) is 0 Å². The minimum Gasteiger partial charge on any atom is -0.390 e. The molecule has 0 spiro atoms. The van der Waals surface area contributed by atoms with Crippen LogP contribution in [0.25, 0.3) is 10.9 Å². The van der Waals surface area contributed by atoms with Crippen LogP contribution in [-0.4, -0.2) is 21.1 Å². The average Bonchev–Trinajstić information content (AvgIpc) is 2.90. The van der Waals surface area contributed by atoms with Gasteiger partial charge in [-0.2, -0.15) is 0 Å². The molecule has 0 saturated carbocycles. The molecule has 3 aromatic rings. The summed E-state index contributed by atoms with van der Waals surface area (Å²) in [5.41, 5.74) is 2.94. The van der Waals surface area contributed by atoms with Crippen molar-refractivity contribution in [3.63, 3.8) is 0 Å². The van der Waals surface area contributed by atoms with E-state index < -0.39 is 11.0 Å². The van der Waals surface area contributed by atoms with E-state index in [0.29, 0.717) is 23.1 Å². The number of hydrogen-bond donors (Lipinski definition) is 2. The summed E-state index contributed by atoms with van der Waals surface area (Å²) in [6.07, 6.45) is 0.116. The number of hydrogen-bond acceptors (Lipinski definition) is 5. The number of aromatic nitrogens is 1. The van der Waals surface area contributed by atoms with E-state index in [2.05, 4.69) is 10.3 Å².